The first-order chi connectivity index (χ1) is 15.5. The molecular weight excluding hydrogens is 416 g/mol. The molecule has 0 bridgehead atoms. The molecular formula is C27H28N2O2S. The maximum absolute atomic E-state index is 12.6. The first-order valence-electron chi connectivity index (χ1n) is 10.9. The highest BCUT2D eigenvalue weighted by molar-refractivity contribution is 7.11. The van der Waals surface area contributed by atoms with E-state index in [1.54, 1.807) is 11.3 Å². The summed E-state index contributed by atoms with van der Waals surface area (Å²) in [7, 11) is 0. The van der Waals surface area contributed by atoms with Crippen molar-refractivity contribution in [1.82, 2.24) is 4.98 Å². The molecule has 0 fully saturated rings. The lowest BCUT2D eigenvalue weighted by atomic mass is 10.0. The Labute approximate surface area is 193 Å². The van der Waals surface area contributed by atoms with E-state index in [4.69, 9.17) is 9.72 Å². The second-order valence-corrected chi connectivity index (χ2v) is 9.55. The zero-order valence-corrected chi connectivity index (χ0v) is 19.5. The number of benzene rings is 3. The van der Waals surface area contributed by atoms with E-state index in [9.17, 15) is 4.79 Å². The zero-order valence-electron chi connectivity index (χ0n) is 18.7. The normalized spacial score (nSPS) is 11.1. The lowest BCUT2D eigenvalue weighted by Gasteiger charge is -2.09. The van der Waals surface area contributed by atoms with Gasteiger partial charge in [0.1, 0.15) is 5.75 Å². The van der Waals surface area contributed by atoms with Crippen LogP contribution in [0.4, 0.5) is 5.69 Å². The molecule has 0 aliphatic rings. The smallest absolute Gasteiger partial charge is 0.229 e. The first-order valence-corrected chi connectivity index (χ1v) is 11.7. The van der Waals surface area contributed by atoms with Gasteiger partial charge in [-0.05, 0) is 53.4 Å². The fourth-order valence-electron chi connectivity index (χ4n) is 3.59. The van der Waals surface area contributed by atoms with Crippen molar-refractivity contribution >= 4 is 33.7 Å². The Morgan fingerprint density at radius 2 is 1.78 bits per heavy atom. The first kappa shape index (κ1) is 22.0. The molecule has 0 saturated heterocycles. The number of nitrogens with one attached hydrogen (secondary N) is 1. The fourth-order valence-corrected chi connectivity index (χ4v) is 4.68. The highest BCUT2D eigenvalue weighted by atomic mass is 32.1. The molecule has 0 radical (unpaired) electrons. The topological polar surface area (TPSA) is 51.2 Å². The molecule has 1 aromatic heterocycles. The van der Waals surface area contributed by atoms with E-state index >= 15 is 0 Å². The summed E-state index contributed by atoms with van der Waals surface area (Å²) < 4.78 is 5.70. The number of nitrogens with zero attached hydrogens (tertiary/aromatic N) is 1. The molecule has 5 heteroatoms. The molecule has 1 heterocycles. The van der Waals surface area contributed by atoms with Crippen LogP contribution in [0.25, 0.3) is 10.8 Å². The SMILES string of the molecule is Cc1nc(Cc2cccc3ccccc23)sc1CC(=O)Nc1ccc(OCC(C)C)cc1. The molecule has 4 aromatic rings. The van der Waals surface area contributed by atoms with E-state index in [1.807, 2.05) is 31.2 Å². The number of hydrogen-bond donors (Lipinski definition) is 1. The minimum Gasteiger partial charge on any atom is -0.493 e. The van der Waals surface area contributed by atoms with Crippen LogP contribution in [0, 0.1) is 12.8 Å². The molecule has 0 aliphatic heterocycles. The van der Waals surface area contributed by atoms with Crippen molar-refractivity contribution in [2.45, 2.75) is 33.6 Å². The second-order valence-electron chi connectivity index (χ2n) is 8.39. The number of carbonyl (C=O) groups is 1. The summed E-state index contributed by atoms with van der Waals surface area (Å²) in [5, 5.41) is 6.50. The van der Waals surface area contributed by atoms with Crippen LogP contribution >= 0.6 is 11.3 Å². The number of thiazole rings is 1. The van der Waals surface area contributed by atoms with Crippen molar-refractivity contribution < 1.29 is 9.53 Å². The van der Waals surface area contributed by atoms with Gasteiger partial charge in [0.15, 0.2) is 0 Å². The summed E-state index contributed by atoms with van der Waals surface area (Å²) in [6, 6.07) is 22.3. The summed E-state index contributed by atoms with van der Waals surface area (Å²) in [6.45, 7) is 6.89. The van der Waals surface area contributed by atoms with Crippen molar-refractivity contribution in [2.75, 3.05) is 11.9 Å². The number of amides is 1. The Hall–Kier alpha value is -3.18. The van der Waals surface area contributed by atoms with Gasteiger partial charge in [0.2, 0.25) is 5.91 Å². The van der Waals surface area contributed by atoms with Crippen LogP contribution in [0.5, 0.6) is 5.75 Å². The van der Waals surface area contributed by atoms with Crippen LogP contribution in [0.2, 0.25) is 0 Å². The maximum atomic E-state index is 12.6. The number of rotatable bonds is 8. The van der Waals surface area contributed by atoms with Gasteiger partial charge in [-0.2, -0.15) is 0 Å². The monoisotopic (exact) mass is 444 g/mol. The average molecular weight is 445 g/mol. The third-order valence-electron chi connectivity index (χ3n) is 5.20. The highest BCUT2D eigenvalue weighted by Gasteiger charge is 2.13. The zero-order chi connectivity index (χ0) is 22.5. The molecule has 4 nitrogen and oxygen atoms in total. The van der Waals surface area contributed by atoms with Gasteiger partial charge in [-0.1, -0.05) is 56.3 Å². The van der Waals surface area contributed by atoms with Gasteiger partial charge in [0, 0.05) is 17.0 Å². The van der Waals surface area contributed by atoms with Crippen LogP contribution < -0.4 is 10.1 Å². The second kappa shape index (κ2) is 9.96. The van der Waals surface area contributed by atoms with Gasteiger partial charge in [-0.3, -0.25) is 4.79 Å². The van der Waals surface area contributed by atoms with Crippen molar-refractivity contribution in [3.63, 3.8) is 0 Å². The van der Waals surface area contributed by atoms with Crippen LogP contribution in [-0.4, -0.2) is 17.5 Å². The van der Waals surface area contributed by atoms with E-state index in [2.05, 4.69) is 61.6 Å². The quantitative estimate of drug-likeness (QED) is 0.341. The van der Waals surface area contributed by atoms with E-state index < -0.39 is 0 Å². The standard InChI is InChI=1S/C27H28N2O2S/c1-18(2)17-31-23-13-11-22(12-14-23)29-26(30)16-25-19(3)28-27(32-25)15-21-9-6-8-20-7-4-5-10-24(20)21/h4-14,18H,15-17H2,1-3H3,(H,29,30). The summed E-state index contributed by atoms with van der Waals surface area (Å²) in [4.78, 5) is 18.4. The summed E-state index contributed by atoms with van der Waals surface area (Å²) in [5.41, 5.74) is 2.95. The number of ether oxygens (including phenoxy) is 1. The number of hydrogen-bond acceptors (Lipinski definition) is 4. The predicted molar refractivity (Wildman–Crippen MR) is 133 cm³/mol. The number of aryl methyl sites for hydroxylation is 1. The Morgan fingerprint density at radius 1 is 1.03 bits per heavy atom. The number of carbonyl (C=O) groups excluding carboxylic acids is 1. The van der Waals surface area contributed by atoms with Crippen LogP contribution in [0.3, 0.4) is 0 Å². The molecule has 0 aliphatic carbocycles. The van der Waals surface area contributed by atoms with Crippen molar-refractivity contribution in [3.05, 3.63) is 87.9 Å². The van der Waals surface area contributed by atoms with Crippen LogP contribution in [0.15, 0.2) is 66.7 Å². The molecule has 1 N–H and O–H groups in total. The van der Waals surface area contributed by atoms with Gasteiger partial charge in [0.05, 0.1) is 23.7 Å². The Kier molecular flexibility index (Phi) is 6.86. The van der Waals surface area contributed by atoms with Crippen LogP contribution in [0.1, 0.15) is 35.0 Å². The van der Waals surface area contributed by atoms with E-state index in [1.165, 1.54) is 16.3 Å². The molecule has 3 aromatic carbocycles. The van der Waals surface area contributed by atoms with E-state index in [-0.39, 0.29) is 5.91 Å². The molecule has 0 saturated carbocycles. The largest absolute Gasteiger partial charge is 0.493 e. The lowest BCUT2D eigenvalue weighted by Crippen LogP contribution is -2.14. The number of anilines is 1. The molecule has 0 spiro atoms. The minimum atomic E-state index is -0.0377. The summed E-state index contributed by atoms with van der Waals surface area (Å²) >= 11 is 1.62. The molecule has 164 valence electrons. The molecule has 32 heavy (non-hydrogen) atoms. The molecule has 4 rings (SSSR count). The van der Waals surface area contributed by atoms with Gasteiger partial charge >= 0.3 is 0 Å². The van der Waals surface area contributed by atoms with E-state index in [0.29, 0.717) is 18.9 Å². The molecule has 1 amide bonds. The van der Waals surface area contributed by atoms with Gasteiger partial charge in [-0.25, -0.2) is 4.98 Å². The van der Waals surface area contributed by atoms with Gasteiger partial charge < -0.3 is 10.1 Å². The van der Waals surface area contributed by atoms with Crippen molar-refractivity contribution in [2.24, 2.45) is 5.92 Å². The molecule has 0 unspecified atom stereocenters. The Balaban J connectivity index is 1.39. The maximum Gasteiger partial charge on any atom is 0.229 e. The van der Waals surface area contributed by atoms with Crippen LogP contribution in [-0.2, 0) is 17.6 Å². The predicted octanol–water partition coefficient (Wildman–Crippen LogP) is 6.41. The Bertz CT molecular complexity index is 1210. The highest BCUT2D eigenvalue weighted by Crippen LogP contribution is 2.26. The lowest BCUT2D eigenvalue weighted by molar-refractivity contribution is -0.115. The fraction of sp³-hybridized carbons (Fsp3) is 0.259. The summed E-state index contributed by atoms with van der Waals surface area (Å²) in [5.74, 6) is 1.25. The molecule has 0 atom stereocenters. The van der Waals surface area contributed by atoms with Crippen molar-refractivity contribution in [3.8, 4) is 5.75 Å². The van der Waals surface area contributed by atoms with Gasteiger partial charge in [0.25, 0.3) is 0 Å². The van der Waals surface area contributed by atoms with E-state index in [0.717, 1.165) is 33.4 Å². The number of fused-ring (bicyclic) bond motifs is 1. The summed E-state index contributed by atoms with van der Waals surface area (Å²) in [6.07, 6.45) is 1.09. The van der Waals surface area contributed by atoms with Gasteiger partial charge in [-0.15, -0.1) is 11.3 Å². The Morgan fingerprint density at radius 3 is 2.56 bits per heavy atom. The average Bonchev–Trinajstić information content (AvgIpc) is 3.12. The third-order valence-corrected chi connectivity index (χ3v) is 6.36. The minimum absolute atomic E-state index is 0.0377. The number of aromatic nitrogens is 1. The third kappa shape index (κ3) is 5.54. The van der Waals surface area contributed by atoms with Crippen molar-refractivity contribution in [1.29, 1.82) is 0 Å².